The zero-order valence-electron chi connectivity index (χ0n) is 12.8. The lowest BCUT2D eigenvalue weighted by Gasteiger charge is -2.44. The second kappa shape index (κ2) is 6.37. The maximum Gasteiger partial charge on any atom is 0.260 e. The van der Waals surface area contributed by atoms with Crippen molar-refractivity contribution < 1.29 is 9.21 Å². The van der Waals surface area contributed by atoms with Gasteiger partial charge >= 0.3 is 0 Å². The zero-order chi connectivity index (χ0) is 15.6. The summed E-state index contributed by atoms with van der Waals surface area (Å²) in [6.07, 6.45) is 5.59. The molecule has 5 nitrogen and oxygen atoms in total. The van der Waals surface area contributed by atoms with Crippen molar-refractivity contribution in [2.24, 2.45) is 5.92 Å². The molecule has 5 rings (SSSR count). The van der Waals surface area contributed by atoms with Crippen LogP contribution in [0.1, 0.15) is 23.2 Å². The van der Waals surface area contributed by atoms with Gasteiger partial charge in [-0.2, -0.15) is 0 Å². The van der Waals surface area contributed by atoms with E-state index < -0.39 is 0 Å². The molecule has 0 unspecified atom stereocenters. The first-order valence-electron chi connectivity index (χ1n) is 7.98. The lowest BCUT2D eigenvalue weighted by molar-refractivity contribution is 0.0620. The predicted molar refractivity (Wildman–Crippen MR) is 87.5 cm³/mol. The Hall–Kier alpha value is -1.79. The molecule has 1 aromatic carbocycles. The van der Waals surface area contributed by atoms with Gasteiger partial charge in [0, 0.05) is 23.0 Å². The second-order valence-electron chi connectivity index (χ2n) is 6.14. The standard InChI is InChI=1S/C17H19N3O2S/c21-16(19-15-11-20-8-5-12(15)6-9-20)13-1-3-14(4-2-13)23-17-18-7-10-22-17/h1-4,7,10,12,15H,5-6,8-9,11H2,(H,19,21)/t15-/m0/s1. The van der Waals surface area contributed by atoms with E-state index in [2.05, 4.69) is 15.2 Å². The first-order chi connectivity index (χ1) is 11.3. The summed E-state index contributed by atoms with van der Waals surface area (Å²) >= 11 is 1.44. The molecule has 2 bridgehead atoms. The third kappa shape index (κ3) is 3.28. The second-order valence-corrected chi connectivity index (χ2v) is 7.17. The first kappa shape index (κ1) is 14.8. The number of hydrogen-bond acceptors (Lipinski definition) is 5. The lowest BCUT2D eigenvalue weighted by atomic mass is 9.84. The molecule has 3 aliphatic rings. The summed E-state index contributed by atoms with van der Waals surface area (Å²) < 4.78 is 5.21. The highest BCUT2D eigenvalue weighted by atomic mass is 32.2. The zero-order valence-corrected chi connectivity index (χ0v) is 13.6. The average molecular weight is 329 g/mol. The number of piperidine rings is 3. The minimum absolute atomic E-state index is 0.0245. The van der Waals surface area contributed by atoms with Gasteiger partial charge in [-0.05, 0) is 67.9 Å². The molecule has 120 valence electrons. The molecule has 2 aromatic rings. The van der Waals surface area contributed by atoms with Crippen molar-refractivity contribution >= 4 is 17.7 Å². The van der Waals surface area contributed by atoms with Gasteiger partial charge in [0.15, 0.2) is 0 Å². The molecule has 4 heterocycles. The number of nitrogens with one attached hydrogen (secondary N) is 1. The number of fused-ring (bicyclic) bond motifs is 3. The Bertz CT molecular complexity index is 664. The molecule has 0 radical (unpaired) electrons. The highest BCUT2D eigenvalue weighted by Crippen LogP contribution is 2.28. The van der Waals surface area contributed by atoms with E-state index in [0.29, 0.717) is 22.7 Å². The fourth-order valence-corrected chi connectivity index (χ4v) is 4.11. The number of aromatic nitrogens is 1. The third-order valence-electron chi connectivity index (χ3n) is 4.70. The van der Waals surface area contributed by atoms with E-state index in [1.54, 1.807) is 12.5 Å². The summed E-state index contributed by atoms with van der Waals surface area (Å²) in [7, 11) is 0. The Morgan fingerprint density at radius 1 is 1.26 bits per heavy atom. The van der Waals surface area contributed by atoms with Crippen molar-refractivity contribution in [3.05, 3.63) is 42.3 Å². The normalized spacial score (nSPS) is 26.2. The topological polar surface area (TPSA) is 58.4 Å². The van der Waals surface area contributed by atoms with Gasteiger partial charge in [0.25, 0.3) is 11.1 Å². The fourth-order valence-electron chi connectivity index (χ4n) is 3.42. The van der Waals surface area contributed by atoms with E-state index in [9.17, 15) is 4.79 Å². The molecule has 1 N–H and O–H groups in total. The first-order valence-corrected chi connectivity index (χ1v) is 8.80. The highest BCUT2D eigenvalue weighted by Gasteiger charge is 2.34. The van der Waals surface area contributed by atoms with Crippen molar-refractivity contribution in [1.82, 2.24) is 15.2 Å². The van der Waals surface area contributed by atoms with Crippen LogP contribution in [0.15, 0.2) is 51.3 Å². The smallest absolute Gasteiger partial charge is 0.260 e. The van der Waals surface area contributed by atoms with Crippen LogP contribution in [0.2, 0.25) is 0 Å². The largest absolute Gasteiger partial charge is 0.440 e. The number of rotatable bonds is 4. The van der Waals surface area contributed by atoms with Crippen LogP contribution in [-0.4, -0.2) is 41.5 Å². The number of carbonyl (C=O) groups is 1. The molecule has 0 saturated carbocycles. The number of carbonyl (C=O) groups excluding carboxylic acids is 1. The number of hydrogen-bond donors (Lipinski definition) is 1. The Morgan fingerprint density at radius 3 is 2.65 bits per heavy atom. The van der Waals surface area contributed by atoms with E-state index in [-0.39, 0.29) is 5.91 Å². The monoisotopic (exact) mass is 329 g/mol. The van der Waals surface area contributed by atoms with Crippen molar-refractivity contribution in [2.75, 3.05) is 19.6 Å². The van der Waals surface area contributed by atoms with Crippen LogP contribution in [0.4, 0.5) is 0 Å². The fraction of sp³-hybridized carbons (Fsp3) is 0.412. The summed E-state index contributed by atoms with van der Waals surface area (Å²) in [6.45, 7) is 3.36. The van der Waals surface area contributed by atoms with E-state index in [4.69, 9.17) is 4.42 Å². The van der Waals surface area contributed by atoms with Gasteiger partial charge in [-0.1, -0.05) is 0 Å². The van der Waals surface area contributed by atoms with Crippen molar-refractivity contribution in [3.8, 4) is 0 Å². The quantitative estimate of drug-likeness (QED) is 0.934. The number of oxazole rings is 1. The van der Waals surface area contributed by atoms with E-state index in [1.807, 2.05) is 24.3 Å². The highest BCUT2D eigenvalue weighted by molar-refractivity contribution is 7.99. The van der Waals surface area contributed by atoms with E-state index in [1.165, 1.54) is 37.7 Å². The molecule has 3 aliphatic heterocycles. The minimum atomic E-state index is 0.0245. The number of benzene rings is 1. The minimum Gasteiger partial charge on any atom is -0.440 e. The molecule has 1 amide bonds. The van der Waals surface area contributed by atoms with Crippen LogP contribution in [0.3, 0.4) is 0 Å². The number of nitrogens with zero attached hydrogens (tertiary/aromatic N) is 2. The number of amides is 1. The van der Waals surface area contributed by atoms with Crippen LogP contribution < -0.4 is 5.32 Å². The summed E-state index contributed by atoms with van der Waals surface area (Å²) in [4.78, 5) is 20.0. The molecule has 23 heavy (non-hydrogen) atoms. The van der Waals surface area contributed by atoms with Gasteiger partial charge in [0.05, 0.1) is 6.20 Å². The van der Waals surface area contributed by atoms with Crippen LogP contribution in [-0.2, 0) is 0 Å². The molecular formula is C17H19N3O2S. The van der Waals surface area contributed by atoms with Crippen molar-refractivity contribution in [2.45, 2.75) is 29.0 Å². The van der Waals surface area contributed by atoms with Gasteiger partial charge in [0.2, 0.25) is 0 Å². The Morgan fingerprint density at radius 2 is 2.04 bits per heavy atom. The predicted octanol–water partition coefficient (Wildman–Crippen LogP) is 2.65. The van der Waals surface area contributed by atoms with Crippen LogP contribution >= 0.6 is 11.8 Å². The van der Waals surface area contributed by atoms with Crippen LogP contribution in [0.5, 0.6) is 0 Å². The SMILES string of the molecule is O=C(N[C@H]1CN2CCC1CC2)c1ccc(Sc2ncco2)cc1. The van der Waals surface area contributed by atoms with Gasteiger partial charge < -0.3 is 14.6 Å². The average Bonchev–Trinajstić information content (AvgIpc) is 3.09. The Kier molecular flexibility index (Phi) is 4.10. The summed E-state index contributed by atoms with van der Waals surface area (Å²) in [5.74, 6) is 0.667. The van der Waals surface area contributed by atoms with Gasteiger partial charge in [-0.15, -0.1) is 0 Å². The molecule has 1 atom stereocenters. The van der Waals surface area contributed by atoms with Crippen molar-refractivity contribution in [1.29, 1.82) is 0 Å². The van der Waals surface area contributed by atoms with E-state index >= 15 is 0 Å². The molecule has 3 saturated heterocycles. The Labute approximate surface area is 139 Å². The van der Waals surface area contributed by atoms with Crippen molar-refractivity contribution in [3.63, 3.8) is 0 Å². The Balaban J connectivity index is 1.38. The molecule has 0 aliphatic carbocycles. The molecule has 1 aromatic heterocycles. The molecular weight excluding hydrogens is 310 g/mol. The van der Waals surface area contributed by atoms with Gasteiger partial charge in [-0.25, -0.2) is 4.98 Å². The maximum atomic E-state index is 12.5. The molecule has 0 spiro atoms. The van der Waals surface area contributed by atoms with Gasteiger partial charge in [-0.3, -0.25) is 4.79 Å². The summed E-state index contributed by atoms with van der Waals surface area (Å²) in [6, 6.07) is 7.89. The van der Waals surface area contributed by atoms with Gasteiger partial charge in [0.1, 0.15) is 6.26 Å². The maximum absolute atomic E-state index is 12.5. The molecule has 3 fully saturated rings. The molecule has 6 heteroatoms. The summed E-state index contributed by atoms with van der Waals surface area (Å²) in [5, 5.41) is 3.82. The van der Waals surface area contributed by atoms with Crippen LogP contribution in [0, 0.1) is 5.92 Å². The van der Waals surface area contributed by atoms with E-state index in [0.717, 1.165) is 11.4 Å². The van der Waals surface area contributed by atoms with Crippen LogP contribution in [0.25, 0.3) is 0 Å². The summed E-state index contributed by atoms with van der Waals surface area (Å²) in [5.41, 5.74) is 0.707. The third-order valence-corrected chi connectivity index (χ3v) is 5.59. The lowest BCUT2D eigenvalue weighted by Crippen LogP contribution is -2.57.